The minimum absolute atomic E-state index is 0.109. The molecule has 0 aliphatic carbocycles. The summed E-state index contributed by atoms with van der Waals surface area (Å²) in [7, 11) is 1.29. The fourth-order valence-corrected chi connectivity index (χ4v) is 2.92. The van der Waals surface area contributed by atoms with Gasteiger partial charge in [-0.3, -0.25) is 9.78 Å². The molecule has 0 radical (unpaired) electrons. The minimum atomic E-state index is -4.62. The van der Waals surface area contributed by atoms with Gasteiger partial charge in [-0.1, -0.05) is 6.07 Å². The van der Waals surface area contributed by atoms with Crippen LogP contribution in [0.25, 0.3) is 11.5 Å². The highest BCUT2D eigenvalue weighted by Crippen LogP contribution is 2.36. The number of methoxy groups -OCH3 is 1. The van der Waals surface area contributed by atoms with Crippen molar-refractivity contribution in [2.24, 2.45) is 5.41 Å². The summed E-state index contributed by atoms with van der Waals surface area (Å²) >= 11 is 0. The van der Waals surface area contributed by atoms with Gasteiger partial charge in [0, 0.05) is 25.4 Å². The number of pyridine rings is 1. The van der Waals surface area contributed by atoms with E-state index in [2.05, 4.69) is 15.0 Å². The smallest absolute Gasteiger partial charge is 0.433 e. The van der Waals surface area contributed by atoms with E-state index in [1.807, 2.05) is 0 Å². The van der Waals surface area contributed by atoms with Crippen molar-refractivity contribution in [1.82, 2.24) is 15.0 Å². The Morgan fingerprint density at radius 3 is 2.69 bits per heavy atom. The highest BCUT2D eigenvalue weighted by molar-refractivity contribution is 5.78. The van der Waals surface area contributed by atoms with Crippen molar-refractivity contribution in [2.45, 2.75) is 19.5 Å². The summed E-state index contributed by atoms with van der Waals surface area (Å²) in [6.07, 6.45) is -2.70. The molecule has 1 unspecified atom stereocenters. The maximum absolute atomic E-state index is 13.3. The van der Waals surface area contributed by atoms with Crippen LogP contribution in [0.1, 0.15) is 19.0 Å². The second-order valence-corrected chi connectivity index (χ2v) is 6.37. The number of hydrogen-bond donors (Lipinski definition) is 0. The summed E-state index contributed by atoms with van der Waals surface area (Å²) in [4.78, 5) is 25.5. The van der Waals surface area contributed by atoms with Crippen LogP contribution in [0.5, 0.6) is 0 Å². The largest absolute Gasteiger partial charge is 0.469 e. The maximum Gasteiger partial charge on any atom is 0.433 e. The Morgan fingerprint density at radius 1 is 1.31 bits per heavy atom. The normalized spacial score (nSPS) is 20.3. The average Bonchev–Trinajstić information content (AvgIpc) is 3.04. The molecule has 1 aliphatic heterocycles. The van der Waals surface area contributed by atoms with Crippen LogP contribution in [0.2, 0.25) is 0 Å². The van der Waals surface area contributed by atoms with Crippen molar-refractivity contribution in [3.63, 3.8) is 0 Å². The number of carbonyl (C=O) groups excluding carboxylic acids is 1. The first kappa shape index (κ1) is 18.1. The molecule has 1 atom stereocenters. The van der Waals surface area contributed by atoms with E-state index >= 15 is 0 Å². The molecular formula is C17H17F3N4O2. The fraction of sp³-hybridized carbons (Fsp3) is 0.412. The molecule has 0 N–H and O–H groups in total. The van der Waals surface area contributed by atoms with Gasteiger partial charge >= 0.3 is 12.1 Å². The van der Waals surface area contributed by atoms with Crippen LogP contribution in [0.15, 0.2) is 30.5 Å². The summed E-state index contributed by atoms with van der Waals surface area (Å²) in [5.41, 5.74) is -1.59. The second-order valence-electron chi connectivity index (χ2n) is 6.37. The molecule has 0 spiro atoms. The molecule has 138 valence electrons. The first-order valence-electron chi connectivity index (χ1n) is 7.94. The van der Waals surface area contributed by atoms with E-state index in [9.17, 15) is 18.0 Å². The van der Waals surface area contributed by atoms with Crippen molar-refractivity contribution in [2.75, 3.05) is 25.1 Å². The number of rotatable bonds is 3. The molecule has 2 aromatic heterocycles. The zero-order valence-corrected chi connectivity index (χ0v) is 14.2. The first-order chi connectivity index (χ1) is 12.2. The standard InChI is InChI=1S/C17H17F3N4O2/c1-16(15(25)26-2)6-8-24(10-16)13-9-12(17(18,19)20)22-14(23-13)11-5-3-4-7-21-11/h3-5,7,9H,6,8,10H2,1-2H3. The molecule has 2 aromatic rings. The Hall–Kier alpha value is -2.71. The van der Waals surface area contributed by atoms with E-state index in [0.29, 0.717) is 13.0 Å². The molecule has 6 nitrogen and oxygen atoms in total. The maximum atomic E-state index is 13.3. The lowest BCUT2D eigenvalue weighted by molar-refractivity contribution is -0.150. The predicted molar refractivity (Wildman–Crippen MR) is 87.2 cm³/mol. The first-order valence-corrected chi connectivity index (χ1v) is 7.94. The molecule has 26 heavy (non-hydrogen) atoms. The van der Waals surface area contributed by atoms with Gasteiger partial charge in [0.05, 0.1) is 12.5 Å². The predicted octanol–water partition coefficient (Wildman–Crippen LogP) is 2.95. The number of alkyl halides is 3. The Balaban J connectivity index is 2.01. The summed E-state index contributed by atoms with van der Waals surface area (Å²) in [5, 5.41) is 0. The van der Waals surface area contributed by atoms with Gasteiger partial charge in [-0.05, 0) is 25.5 Å². The second kappa shape index (κ2) is 6.54. The van der Waals surface area contributed by atoms with Crippen LogP contribution in [0.4, 0.5) is 19.0 Å². The number of halogens is 3. The lowest BCUT2D eigenvalue weighted by atomic mass is 9.90. The number of nitrogens with zero attached hydrogens (tertiary/aromatic N) is 4. The third-order valence-corrected chi connectivity index (χ3v) is 4.37. The topological polar surface area (TPSA) is 68.2 Å². The van der Waals surface area contributed by atoms with Gasteiger partial charge in [-0.15, -0.1) is 0 Å². The summed E-state index contributed by atoms with van der Waals surface area (Å²) in [6.45, 7) is 2.33. The van der Waals surface area contributed by atoms with E-state index in [1.165, 1.54) is 13.3 Å². The van der Waals surface area contributed by atoms with E-state index in [0.717, 1.165) is 6.07 Å². The van der Waals surface area contributed by atoms with E-state index in [4.69, 9.17) is 4.74 Å². The van der Waals surface area contributed by atoms with Gasteiger partial charge in [-0.25, -0.2) is 9.97 Å². The summed E-state index contributed by atoms with van der Waals surface area (Å²) in [5.74, 6) is -0.391. The highest BCUT2D eigenvalue weighted by Gasteiger charge is 2.43. The van der Waals surface area contributed by atoms with Gasteiger partial charge < -0.3 is 9.64 Å². The molecule has 3 rings (SSSR count). The lowest BCUT2D eigenvalue weighted by Crippen LogP contribution is -2.33. The molecule has 0 aromatic carbocycles. The Bertz CT molecular complexity index is 813. The molecule has 0 bridgehead atoms. The monoisotopic (exact) mass is 366 g/mol. The van der Waals surface area contributed by atoms with Crippen molar-refractivity contribution in [3.05, 3.63) is 36.2 Å². The van der Waals surface area contributed by atoms with Crippen LogP contribution in [0, 0.1) is 5.41 Å². The van der Waals surface area contributed by atoms with Gasteiger partial charge in [0.2, 0.25) is 0 Å². The molecule has 1 saturated heterocycles. The van der Waals surface area contributed by atoms with Crippen LogP contribution in [0.3, 0.4) is 0 Å². The summed E-state index contributed by atoms with van der Waals surface area (Å²) < 4.78 is 44.7. The number of anilines is 1. The highest BCUT2D eigenvalue weighted by atomic mass is 19.4. The molecule has 1 fully saturated rings. The van der Waals surface area contributed by atoms with Crippen LogP contribution < -0.4 is 4.90 Å². The van der Waals surface area contributed by atoms with Crippen molar-refractivity contribution in [1.29, 1.82) is 0 Å². The van der Waals surface area contributed by atoms with Gasteiger partial charge in [0.15, 0.2) is 11.5 Å². The SMILES string of the molecule is COC(=O)C1(C)CCN(c2cc(C(F)(F)F)nc(-c3ccccn3)n2)C1. The zero-order chi connectivity index (χ0) is 18.9. The van der Waals surface area contributed by atoms with Crippen LogP contribution >= 0.6 is 0 Å². The lowest BCUT2D eigenvalue weighted by Gasteiger charge is -2.23. The molecule has 0 saturated carbocycles. The van der Waals surface area contributed by atoms with Gasteiger partial charge in [0.1, 0.15) is 11.5 Å². The average molecular weight is 366 g/mol. The molecule has 0 amide bonds. The Labute approximate surface area is 148 Å². The Morgan fingerprint density at radius 2 is 2.08 bits per heavy atom. The van der Waals surface area contributed by atoms with Gasteiger partial charge in [0.25, 0.3) is 0 Å². The van der Waals surface area contributed by atoms with E-state index < -0.39 is 23.3 Å². The number of esters is 1. The minimum Gasteiger partial charge on any atom is -0.469 e. The number of aromatic nitrogens is 3. The molecule has 9 heteroatoms. The third-order valence-electron chi connectivity index (χ3n) is 4.37. The van der Waals surface area contributed by atoms with E-state index in [1.54, 1.807) is 30.0 Å². The van der Waals surface area contributed by atoms with Crippen molar-refractivity contribution in [3.8, 4) is 11.5 Å². The van der Waals surface area contributed by atoms with Gasteiger partial charge in [-0.2, -0.15) is 13.2 Å². The number of ether oxygens (including phenoxy) is 1. The van der Waals surface area contributed by atoms with Crippen molar-refractivity contribution >= 4 is 11.8 Å². The number of carbonyl (C=O) groups is 1. The quantitative estimate of drug-likeness (QED) is 0.778. The summed E-state index contributed by atoms with van der Waals surface area (Å²) in [6, 6.07) is 5.74. The molecule has 1 aliphatic rings. The van der Waals surface area contributed by atoms with Crippen LogP contribution in [-0.4, -0.2) is 41.1 Å². The van der Waals surface area contributed by atoms with Crippen molar-refractivity contribution < 1.29 is 22.7 Å². The molecule has 3 heterocycles. The fourth-order valence-electron chi connectivity index (χ4n) is 2.92. The van der Waals surface area contributed by atoms with E-state index in [-0.39, 0.29) is 23.9 Å². The Kier molecular flexibility index (Phi) is 4.55. The zero-order valence-electron chi connectivity index (χ0n) is 14.2. The number of hydrogen-bond acceptors (Lipinski definition) is 6. The molecular weight excluding hydrogens is 349 g/mol. The van der Waals surface area contributed by atoms with Crippen LogP contribution in [-0.2, 0) is 15.7 Å². The third kappa shape index (κ3) is 3.47.